The minimum atomic E-state index is -0.241. The fourth-order valence-corrected chi connectivity index (χ4v) is 4.84. The summed E-state index contributed by atoms with van der Waals surface area (Å²) in [6, 6.07) is 15.0. The highest BCUT2D eigenvalue weighted by atomic mass is 16.5. The molecule has 1 aliphatic carbocycles. The largest absolute Gasteiger partial charge is 0.465 e. The minimum absolute atomic E-state index is 0.241. The number of hydrogen-bond donors (Lipinski definition) is 0. The van der Waals surface area contributed by atoms with E-state index in [4.69, 9.17) is 4.74 Å². The van der Waals surface area contributed by atoms with Crippen LogP contribution in [0.2, 0.25) is 0 Å². The van der Waals surface area contributed by atoms with Crippen LogP contribution in [0.4, 0.5) is 0 Å². The van der Waals surface area contributed by atoms with Crippen LogP contribution in [-0.2, 0) is 11.3 Å². The number of ether oxygens (including phenoxy) is 1. The first-order chi connectivity index (χ1) is 12.8. The number of nitrogens with zero attached hydrogens (tertiary/aromatic N) is 1. The number of hydrogen-bond acceptors (Lipinski definition) is 2. The second-order valence-electron chi connectivity index (χ2n) is 7.60. The van der Waals surface area contributed by atoms with E-state index >= 15 is 0 Å². The van der Waals surface area contributed by atoms with Crippen LogP contribution in [-0.4, -0.2) is 17.6 Å². The number of fused-ring (bicyclic) bond motifs is 5. The van der Waals surface area contributed by atoms with Crippen LogP contribution in [0.25, 0.3) is 22.2 Å². The van der Waals surface area contributed by atoms with Crippen molar-refractivity contribution in [1.29, 1.82) is 0 Å². The molecule has 1 fully saturated rings. The first-order valence-electron chi connectivity index (χ1n) is 9.60. The van der Waals surface area contributed by atoms with E-state index in [9.17, 15) is 4.79 Å². The van der Waals surface area contributed by atoms with Crippen LogP contribution >= 0.6 is 0 Å². The van der Waals surface area contributed by atoms with Gasteiger partial charge in [0.05, 0.1) is 12.7 Å². The molecule has 2 aromatic carbocycles. The molecule has 0 unspecified atom stereocenters. The molecule has 0 atom stereocenters. The maximum Gasteiger partial charge on any atom is 0.337 e. The highest BCUT2D eigenvalue weighted by molar-refractivity contribution is 5.99. The van der Waals surface area contributed by atoms with E-state index in [2.05, 4.69) is 41.0 Å². The molecule has 0 N–H and O–H groups in total. The smallest absolute Gasteiger partial charge is 0.337 e. The van der Waals surface area contributed by atoms with Gasteiger partial charge < -0.3 is 9.30 Å². The maximum absolute atomic E-state index is 12.3. The van der Waals surface area contributed by atoms with Gasteiger partial charge in [0.15, 0.2) is 0 Å². The Labute approximate surface area is 153 Å². The van der Waals surface area contributed by atoms with Crippen molar-refractivity contribution in [3.8, 4) is 11.3 Å². The van der Waals surface area contributed by atoms with Gasteiger partial charge >= 0.3 is 5.97 Å². The Hall–Kier alpha value is -2.55. The first-order valence-corrected chi connectivity index (χ1v) is 9.60. The van der Waals surface area contributed by atoms with E-state index in [-0.39, 0.29) is 5.97 Å². The highest BCUT2D eigenvalue weighted by Gasteiger charge is 2.26. The lowest BCUT2D eigenvalue weighted by Crippen LogP contribution is -2.08. The Kier molecular flexibility index (Phi) is 3.63. The van der Waals surface area contributed by atoms with E-state index < -0.39 is 0 Å². The maximum atomic E-state index is 12.3. The molecule has 0 amide bonds. The molecule has 0 saturated heterocycles. The average molecular weight is 345 g/mol. The van der Waals surface area contributed by atoms with Gasteiger partial charge in [0.2, 0.25) is 0 Å². The van der Waals surface area contributed by atoms with Crippen molar-refractivity contribution in [2.45, 2.75) is 44.6 Å². The van der Waals surface area contributed by atoms with Gasteiger partial charge in [-0.15, -0.1) is 0 Å². The van der Waals surface area contributed by atoms with Crippen LogP contribution < -0.4 is 0 Å². The lowest BCUT2D eigenvalue weighted by molar-refractivity contribution is 0.0600. The zero-order chi connectivity index (χ0) is 17.7. The van der Waals surface area contributed by atoms with Crippen LogP contribution in [0.3, 0.4) is 0 Å². The topological polar surface area (TPSA) is 31.2 Å². The number of carbonyl (C=O) groups is 1. The van der Waals surface area contributed by atoms with Gasteiger partial charge in [0, 0.05) is 28.7 Å². The summed E-state index contributed by atoms with van der Waals surface area (Å²) < 4.78 is 7.40. The Morgan fingerprint density at radius 3 is 2.69 bits per heavy atom. The molecule has 0 bridgehead atoms. The second-order valence-corrected chi connectivity index (χ2v) is 7.60. The number of esters is 1. The number of aromatic nitrogens is 1. The molecule has 3 aromatic rings. The third-order valence-electron chi connectivity index (χ3n) is 6.14. The monoisotopic (exact) mass is 345 g/mol. The number of rotatable bonds is 2. The molecule has 1 saturated carbocycles. The Morgan fingerprint density at radius 2 is 1.88 bits per heavy atom. The van der Waals surface area contributed by atoms with Gasteiger partial charge in [-0.2, -0.15) is 0 Å². The summed E-state index contributed by atoms with van der Waals surface area (Å²) in [7, 11) is 1.46. The fourth-order valence-electron chi connectivity index (χ4n) is 4.84. The van der Waals surface area contributed by atoms with Crippen molar-refractivity contribution in [3.05, 3.63) is 59.2 Å². The van der Waals surface area contributed by atoms with Gasteiger partial charge in [-0.05, 0) is 48.1 Å². The van der Waals surface area contributed by atoms with Crippen molar-refractivity contribution in [2.75, 3.05) is 7.11 Å². The molecule has 1 aliphatic heterocycles. The summed E-state index contributed by atoms with van der Waals surface area (Å²) in [6.45, 7) is 0.879. The predicted molar refractivity (Wildman–Crippen MR) is 104 cm³/mol. The SMILES string of the molecule is COC(=O)c1cc(C2CCCCC2)c2cc3n(c2c1)Cc1ccccc1-3. The zero-order valence-electron chi connectivity index (χ0n) is 15.1. The molecule has 0 spiro atoms. The zero-order valence-corrected chi connectivity index (χ0v) is 15.1. The van der Waals surface area contributed by atoms with Gasteiger partial charge in [0.25, 0.3) is 0 Å². The molecular formula is C23H23NO2. The summed E-state index contributed by atoms with van der Waals surface area (Å²) in [6.07, 6.45) is 6.33. The van der Waals surface area contributed by atoms with Crippen molar-refractivity contribution >= 4 is 16.9 Å². The summed E-state index contributed by atoms with van der Waals surface area (Å²) >= 11 is 0. The van der Waals surface area contributed by atoms with Gasteiger partial charge in [0.1, 0.15) is 0 Å². The first kappa shape index (κ1) is 15.7. The second kappa shape index (κ2) is 6.01. The molecule has 0 radical (unpaired) electrons. The third kappa shape index (κ3) is 2.30. The molecule has 26 heavy (non-hydrogen) atoms. The van der Waals surface area contributed by atoms with Crippen molar-refractivity contribution < 1.29 is 9.53 Å². The van der Waals surface area contributed by atoms with Gasteiger partial charge in [-0.1, -0.05) is 43.5 Å². The summed E-state index contributed by atoms with van der Waals surface area (Å²) in [4.78, 5) is 12.3. The summed E-state index contributed by atoms with van der Waals surface area (Å²) in [5.74, 6) is 0.309. The summed E-state index contributed by atoms with van der Waals surface area (Å²) in [5.41, 5.74) is 7.12. The quantitative estimate of drug-likeness (QED) is 0.449. The lowest BCUT2D eigenvalue weighted by Gasteiger charge is -2.23. The molecule has 1 aromatic heterocycles. The number of methoxy groups -OCH3 is 1. The van der Waals surface area contributed by atoms with Crippen LogP contribution in [0, 0.1) is 0 Å². The van der Waals surface area contributed by atoms with Crippen molar-refractivity contribution in [1.82, 2.24) is 4.57 Å². The van der Waals surface area contributed by atoms with Crippen molar-refractivity contribution in [3.63, 3.8) is 0 Å². The van der Waals surface area contributed by atoms with Crippen LogP contribution in [0.1, 0.15) is 59.5 Å². The summed E-state index contributed by atoms with van der Waals surface area (Å²) in [5, 5.41) is 1.31. The van der Waals surface area contributed by atoms with Gasteiger partial charge in [-0.25, -0.2) is 4.79 Å². The molecule has 5 rings (SSSR count). The Morgan fingerprint density at radius 1 is 1.08 bits per heavy atom. The molecule has 2 heterocycles. The molecule has 132 valence electrons. The minimum Gasteiger partial charge on any atom is -0.465 e. The predicted octanol–water partition coefficient (Wildman–Crippen LogP) is 5.50. The van der Waals surface area contributed by atoms with Crippen LogP contribution in [0.15, 0.2) is 42.5 Å². The fraction of sp³-hybridized carbons (Fsp3) is 0.348. The van der Waals surface area contributed by atoms with Crippen molar-refractivity contribution in [2.24, 2.45) is 0 Å². The van der Waals surface area contributed by atoms with E-state index in [0.29, 0.717) is 11.5 Å². The van der Waals surface area contributed by atoms with E-state index in [1.54, 1.807) is 0 Å². The molecule has 3 heteroatoms. The van der Waals surface area contributed by atoms with E-state index in [1.807, 2.05) is 6.07 Å². The normalized spacial score (nSPS) is 16.5. The third-order valence-corrected chi connectivity index (χ3v) is 6.14. The number of carbonyl (C=O) groups excluding carboxylic acids is 1. The molecular weight excluding hydrogens is 322 g/mol. The van der Waals surface area contributed by atoms with E-state index in [1.165, 1.54) is 72.5 Å². The lowest BCUT2D eigenvalue weighted by atomic mass is 9.82. The van der Waals surface area contributed by atoms with Crippen LogP contribution in [0.5, 0.6) is 0 Å². The standard InChI is InChI=1S/C23H23NO2/c1-26-23(25)17-11-19(15-7-3-2-4-8-15)20-13-22-18-10-6-5-9-16(18)14-24(22)21(20)12-17/h5-6,9-13,15H,2-4,7-8,14H2,1H3. The molecule has 3 nitrogen and oxygen atoms in total. The molecule has 2 aliphatic rings. The Bertz CT molecular complexity index is 1010. The highest BCUT2D eigenvalue weighted by Crippen LogP contribution is 2.42. The van der Waals surface area contributed by atoms with Gasteiger partial charge in [-0.3, -0.25) is 0 Å². The Balaban J connectivity index is 1.74. The van der Waals surface area contributed by atoms with E-state index in [0.717, 1.165) is 6.54 Å². The average Bonchev–Trinajstić information content (AvgIpc) is 3.23. The number of benzene rings is 2.